The van der Waals surface area contributed by atoms with Gasteiger partial charge >= 0.3 is 5.97 Å². The maximum absolute atomic E-state index is 11.0. The molecule has 0 saturated heterocycles. The molecule has 0 N–H and O–H groups in total. The van der Waals surface area contributed by atoms with E-state index >= 15 is 0 Å². The molecule has 0 fully saturated rings. The summed E-state index contributed by atoms with van der Waals surface area (Å²) in [6.45, 7) is 3.87. The first kappa shape index (κ1) is 12.9. The summed E-state index contributed by atoms with van der Waals surface area (Å²) in [6.07, 6.45) is 3.30. The van der Waals surface area contributed by atoms with Gasteiger partial charge in [-0.15, -0.1) is 0 Å². The zero-order valence-electron chi connectivity index (χ0n) is 9.68. The van der Waals surface area contributed by atoms with Gasteiger partial charge in [-0.2, -0.15) is 11.3 Å². The Bertz CT molecular complexity index is 333. The molecule has 0 unspecified atom stereocenters. The average Bonchev–Trinajstić information content (AvgIpc) is 2.70. The second-order valence-electron chi connectivity index (χ2n) is 3.48. The molecule has 88 valence electrons. The molecule has 0 aromatic carbocycles. The van der Waals surface area contributed by atoms with Crippen molar-refractivity contribution in [3.8, 4) is 0 Å². The van der Waals surface area contributed by atoms with Gasteiger partial charge in [0.25, 0.3) is 0 Å². The second kappa shape index (κ2) is 7.19. The Hall–Kier alpha value is -1.13. The van der Waals surface area contributed by atoms with Gasteiger partial charge in [0, 0.05) is 19.2 Å². The van der Waals surface area contributed by atoms with E-state index in [0.29, 0.717) is 6.61 Å². The number of esters is 1. The van der Waals surface area contributed by atoms with E-state index in [0.717, 1.165) is 13.1 Å². The summed E-state index contributed by atoms with van der Waals surface area (Å²) in [5.41, 5.74) is 1.30. The van der Waals surface area contributed by atoms with Crippen molar-refractivity contribution in [3.05, 3.63) is 34.5 Å². The first-order valence-corrected chi connectivity index (χ1v) is 6.19. The van der Waals surface area contributed by atoms with Crippen LogP contribution in [-0.4, -0.2) is 31.1 Å². The number of likely N-dealkylation sites (N-methyl/N-ethyl adjacent to an activating group) is 1. The van der Waals surface area contributed by atoms with Crippen molar-refractivity contribution in [3.63, 3.8) is 0 Å². The molecule has 0 aliphatic carbocycles. The molecule has 0 spiro atoms. The van der Waals surface area contributed by atoms with Crippen LogP contribution in [0.15, 0.2) is 29.0 Å². The van der Waals surface area contributed by atoms with Gasteiger partial charge in [0.1, 0.15) is 0 Å². The van der Waals surface area contributed by atoms with Gasteiger partial charge in [-0.3, -0.25) is 4.90 Å². The van der Waals surface area contributed by atoms with E-state index in [9.17, 15) is 4.79 Å². The Morgan fingerprint density at radius 1 is 1.62 bits per heavy atom. The minimum Gasteiger partial charge on any atom is -0.463 e. The van der Waals surface area contributed by atoms with Crippen LogP contribution in [-0.2, 0) is 16.1 Å². The Balaban J connectivity index is 2.24. The van der Waals surface area contributed by atoms with E-state index in [1.807, 2.05) is 13.1 Å². The average molecular weight is 239 g/mol. The number of carbonyl (C=O) groups excluding carboxylic acids is 1. The van der Waals surface area contributed by atoms with Crippen LogP contribution in [0.4, 0.5) is 0 Å². The molecule has 16 heavy (non-hydrogen) atoms. The monoisotopic (exact) mass is 239 g/mol. The Labute approximate surface area is 100 Å². The van der Waals surface area contributed by atoms with Crippen molar-refractivity contribution in [1.82, 2.24) is 4.90 Å². The maximum Gasteiger partial charge on any atom is 0.330 e. The molecule has 0 atom stereocenters. The molecule has 4 heteroatoms. The molecule has 0 saturated carbocycles. The second-order valence-corrected chi connectivity index (χ2v) is 4.26. The predicted molar refractivity (Wildman–Crippen MR) is 66.4 cm³/mol. The number of rotatable bonds is 6. The van der Waals surface area contributed by atoms with E-state index in [-0.39, 0.29) is 5.97 Å². The van der Waals surface area contributed by atoms with Crippen molar-refractivity contribution >= 4 is 17.3 Å². The molecule has 1 heterocycles. The molecular formula is C12H17NO2S. The van der Waals surface area contributed by atoms with Gasteiger partial charge in [-0.1, -0.05) is 6.08 Å². The molecule has 0 aliphatic rings. The van der Waals surface area contributed by atoms with Crippen LogP contribution < -0.4 is 0 Å². The number of thiophene rings is 1. The molecule has 3 nitrogen and oxygen atoms in total. The zero-order valence-corrected chi connectivity index (χ0v) is 10.5. The molecule has 0 bridgehead atoms. The molecule has 0 amide bonds. The normalized spacial score (nSPS) is 11.2. The topological polar surface area (TPSA) is 29.5 Å². The van der Waals surface area contributed by atoms with Crippen LogP contribution in [0, 0.1) is 0 Å². The summed E-state index contributed by atoms with van der Waals surface area (Å²) in [5.74, 6) is -0.272. The number of ether oxygens (including phenoxy) is 1. The van der Waals surface area contributed by atoms with Crippen LogP contribution in [0.5, 0.6) is 0 Å². The van der Waals surface area contributed by atoms with Gasteiger partial charge in [0.15, 0.2) is 0 Å². The lowest BCUT2D eigenvalue weighted by Gasteiger charge is -2.12. The highest BCUT2D eigenvalue weighted by Crippen LogP contribution is 2.07. The standard InChI is InChI=1S/C12H17NO2S/c1-3-15-12(14)5-4-7-13(2)9-11-6-8-16-10-11/h4-6,8,10H,3,7,9H2,1-2H3/b5-4+. The van der Waals surface area contributed by atoms with E-state index < -0.39 is 0 Å². The van der Waals surface area contributed by atoms with Gasteiger partial charge in [-0.25, -0.2) is 4.79 Å². The van der Waals surface area contributed by atoms with Crippen LogP contribution in [0.3, 0.4) is 0 Å². The third-order valence-corrected chi connectivity index (χ3v) is 2.72. The van der Waals surface area contributed by atoms with Gasteiger partial charge in [0.2, 0.25) is 0 Å². The van der Waals surface area contributed by atoms with Crippen LogP contribution >= 0.6 is 11.3 Å². The van der Waals surface area contributed by atoms with E-state index in [2.05, 4.69) is 21.7 Å². The summed E-state index contributed by atoms with van der Waals surface area (Å²) in [7, 11) is 2.02. The molecule has 0 aliphatic heterocycles. The minimum absolute atomic E-state index is 0.272. The van der Waals surface area contributed by atoms with E-state index in [1.165, 1.54) is 11.6 Å². The first-order chi connectivity index (χ1) is 7.72. The largest absolute Gasteiger partial charge is 0.463 e. The highest BCUT2D eigenvalue weighted by molar-refractivity contribution is 7.07. The van der Waals surface area contributed by atoms with Crippen LogP contribution in [0.1, 0.15) is 12.5 Å². The summed E-state index contributed by atoms with van der Waals surface area (Å²) in [6, 6.07) is 2.11. The third kappa shape index (κ3) is 5.09. The summed E-state index contributed by atoms with van der Waals surface area (Å²) < 4.78 is 4.79. The number of hydrogen-bond donors (Lipinski definition) is 0. The van der Waals surface area contributed by atoms with Crippen molar-refractivity contribution in [2.45, 2.75) is 13.5 Å². The zero-order chi connectivity index (χ0) is 11.8. The lowest BCUT2D eigenvalue weighted by Crippen LogP contribution is -2.17. The smallest absolute Gasteiger partial charge is 0.330 e. The van der Waals surface area contributed by atoms with Gasteiger partial charge in [-0.05, 0) is 36.4 Å². The molecule has 1 aromatic heterocycles. The van der Waals surface area contributed by atoms with Gasteiger partial charge in [0.05, 0.1) is 6.61 Å². The fraction of sp³-hybridized carbons (Fsp3) is 0.417. The van der Waals surface area contributed by atoms with Crippen molar-refractivity contribution in [1.29, 1.82) is 0 Å². The van der Waals surface area contributed by atoms with E-state index in [4.69, 9.17) is 4.74 Å². The fourth-order valence-electron chi connectivity index (χ4n) is 1.28. The van der Waals surface area contributed by atoms with Crippen LogP contribution in [0.2, 0.25) is 0 Å². The number of nitrogens with zero attached hydrogens (tertiary/aromatic N) is 1. The number of carbonyl (C=O) groups is 1. The lowest BCUT2D eigenvalue weighted by molar-refractivity contribution is -0.137. The SMILES string of the molecule is CCOC(=O)/C=C/CN(C)Cc1ccsc1. The lowest BCUT2D eigenvalue weighted by atomic mass is 10.3. The highest BCUT2D eigenvalue weighted by atomic mass is 32.1. The van der Waals surface area contributed by atoms with Crippen molar-refractivity contribution in [2.75, 3.05) is 20.2 Å². The van der Waals surface area contributed by atoms with E-state index in [1.54, 1.807) is 18.3 Å². The molecule has 1 aromatic rings. The Morgan fingerprint density at radius 2 is 2.44 bits per heavy atom. The molecule has 1 rings (SSSR count). The van der Waals surface area contributed by atoms with Crippen molar-refractivity contribution in [2.24, 2.45) is 0 Å². The van der Waals surface area contributed by atoms with Crippen LogP contribution in [0.25, 0.3) is 0 Å². The quantitative estimate of drug-likeness (QED) is 0.563. The summed E-state index contributed by atoms with van der Waals surface area (Å²) in [4.78, 5) is 13.2. The maximum atomic E-state index is 11.0. The molecular weight excluding hydrogens is 222 g/mol. The minimum atomic E-state index is -0.272. The summed E-state index contributed by atoms with van der Waals surface area (Å²) >= 11 is 1.70. The Kier molecular flexibility index (Phi) is 5.82. The first-order valence-electron chi connectivity index (χ1n) is 5.25. The predicted octanol–water partition coefficient (Wildman–Crippen LogP) is 2.30. The summed E-state index contributed by atoms with van der Waals surface area (Å²) in [5, 5.41) is 4.20. The third-order valence-electron chi connectivity index (χ3n) is 1.99. The molecule has 0 radical (unpaired) electrons. The Morgan fingerprint density at radius 3 is 3.06 bits per heavy atom. The fourth-order valence-corrected chi connectivity index (χ4v) is 1.94. The highest BCUT2D eigenvalue weighted by Gasteiger charge is 1.99. The number of hydrogen-bond acceptors (Lipinski definition) is 4. The van der Waals surface area contributed by atoms with Gasteiger partial charge < -0.3 is 4.74 Å². The van der Waals surface area contributed by atoms with Crippen molar-refractivity contribution < 1.29 is 9.53 Å².